The molecule has 196 valence electrons. The quantitative estimate of drug-likeness (QED) is 0.420. The van der Waals surface area contributed by atoms with Crippen molar-refractivity contribution in [2.24, 2.45) is 0 Å². The monoisotopic (exact) mass is 503 g/mol. The van der Waals surface area contributed by atoms with Crippen LogP contribution in [0.4, 0.5) is 10.7 Å². The minimum Gasteiger partial charge on any atom is -0.376 e. The van der Waals surface area contributed by atoms with Crippen molar-refractivity contribution in [1.29, 1.82) is 0 Å². The second-order valence-electron chi connectivity index (χ2n) is 10.1. The van der Waals surface area contributed by atoms with E-state index >= 15 is 0 Å². The molecule has 0 bridgehead atoms. The molecule has 2 aromatic carbocycles. The van der Waals surface area contributed by atoms with Gasteiger partial charge >= 0.3 is 6.03 Å². The lowest BCUT2D eigenvalue weighted by Gasteiger charge is -2.26. The van der Waals surface area contributed by atoms with Crippen LogP contribution in [0, 0.1) is 0 Å². The number of imidazole rings is 1. The third-order valence-electron chi connectivity index (χ3n) is 6.35. The van der Waals surface area contributed by atoms with E-state index in [1.165, 1.54) is 10.5 Å². The Morgan fingerprint density at radius 1 is 1.08 bits per heavy atom. The zero-order chi connectivity index (χ0) is 26.4. The summed E-state index contributed by atoms with van der Waals surface area (Å²) in [7, 11) is 0. The van der Waals surface area contributed by atoms with Gasteiger partial charge in [-0.15, -0.1) is 0 Å². The number of anilines is 1. The summed E-state index contributed by atoms with van der Waals surface area (Å²) in [4.78, 5) is 32.4. The lowest BCUT2D eigenvalue weighted by Crippen LogP contribution is -2.49. The number of nitrogens with zero attached hydrogens (tertiary/aromatic N) is 3. The van der Waals surface area contributed by atoms with Gasteiger partial charge in [-0.05, 0) is 50.3 Å². The number of hydrogen-bond donors (Lipinski definition) is 2. The van der Waals surface area contributed by atoms with Gasteiger partial charge in [0, 0.05) is 36.6 Å². The molecule has 0 spiro atoms. The number of urea groups is 1. The van der Waals surface area contributed by atoms with Crippen molar-refractivity contribution in [2.45, 2.75) is 58.6 Å². The maximum Gasteiger partial charge on any atom is 0.318 e. The number of benzene rings is 2. The molecule has 8 heteroatoms. The number of ether oxygens (including phenoxy) is 1. The summed E-state index contributed by atoms with van der Waals surface area (Å²) in [5.74, 6) is 0.507. The molecule has 1 atom stereocenters. The summed E-state index contributed by atoms with van der Waals surface area (Å²) >= 11 is 0. The van der Waals surface area contributed by atoms with Crippen molar-refractivity contribution < 1.29 is 14.3 Å². The first-order chi connectivity index (χ1) is 17.8. The van der Waals surface area contributed by atoms with Crippen LogP contribution in [0.15, 0.2) is 60.8 Å². The average molecular weight is 504 g/mol. The molecule has 1 unspecified atom stereocenters. The Hall–Kier alpha value is -3.65. The third-order valence-corrected chi connectivity index (χ3v) is 6.35. The summed E-state index contributed by atoms with van der Waals surface area (Å²) in [5, 5.41) is 5.84. The largest absolute Gasteiger partial charge is 0.376 e. The number of carbonyl (C=O) groups is 2. The average Bonchev–Trinajstić information content (AvgIpc) is 3.54. The van der Waals surface area contributed by atoms with Gasteiger partial charge in [0.25, 0.3) is 0 Å². The van der Waals surface area contributed by atoms with Crippen LogP contribution in [0.2, 0.25) is 0 Å². The minimum absolute atomic E-state index is 0.0382. The fourth-order valence-electron chi connectivity index (χ4n) is 4.36. The second-order valence-corrected chi connectivity index (χ2v) is 10.1. The Labute approximate surface area is 219 Å². The molecule has 1 saturated heterocycles. The predicted molar refractivity (Wildman–Crippen MR) is 146 cm³/mol. The first-order valence-corrected chi connectivity index (χ1v) is 13.0. The molecule has 0 radical (unpaired) electrons. The van der Waals surface area contributed by atoms with E-state index in [0.29, 0.717) is 25.0 Å². The molecular weight excluding hydrogens is 466 g/mol. The Kier molecular flexibility index (Phi) is 8.61. The molecule has 3 amide bonds. The second kappa shape index (κ2) is 12.1. The van der Waals surface area contributed by atoms with Gasteiger partial charge in [0.1, 0.15) is 6.54 Å². The number of amides is 3. The van der Waals surface area contributed by atoms with Gasteiger partial charge in [0.05, 0.1) is 11.8 Å². The molecule has 0 aliphatic carbocycles. The van der Waals surface area contributed by atoms with Crippen molar-refractivity contribution in [3.05, 3.63) is 66.4 Å². The van der Waals surface area contributed by atoms with Crippen LogP contribution in [-0.4, -0.2) is 58.2 Å². The van der Waals surface area contributed by atoms with Crippen LogP contribution in [0.5, 0.6) is 0 Å². The number of nitrogens with one attached hydrogen (secondary N) is 2. The highest BCUT2D eigenvalue weighted by molar-refractivity contribution is 5.93. The molecule has 37 heavy (non-hydrogen) atoms. The summed E-state index contributed by atoms with van der Waals surface area (Å²) in [6.07, 6.45) is 3.71. The first kappa shape index (κ1) is 26.4. The van der Waals surface area contributed by atoms with Gasteiger partial charge in [0.2, 0.25) is 11.9 Å². The van der Waals surface area contributed by atoms with Gasteiger partial charge in [-0.3, -0.25) is 14.7 Å². The van der Waals surface area contributed by atoms with E-state index in [-0.39, 0.29) is 30.6 Å². The molecule has 3 aromatic rings. The highest BCUT2D eigenvalue weighted by Crippen LogP contribution is 2.25. The van der Waals surface area contributed by atoms with E-state index in [1.54, 1.807) is 0 Å². The normalized spacial score (nSPS) is 15.2. The summed E-state index contributed by atoms with van der Waals surface area (Å²) < 4.78 is 7.60. The van der Waals surface area contributed by atoms with Crippen molar-refractivity contribution >= 4 is 17.9 Å². The SMILES string of the molecule is CC(C)NC(=O)N(CC(=O)Nc1nc(-c2ccccc2)cn1-c1ccc(C(C)C)cc1)CC1CCCO1. The first-order valence-electron chi connectivity index (χ1n) is 13.0. The Morgan fingerprint density at radius 3 is 2.43 bits per heavy atom. The smallest absolute Gasteiger partial charge is 0.318 e. The van der Waals surface area contributed by atoms with E-state index in [9.17, 15) is 9.59 Å². The van der Waals surface area contributed by atoms with Crippen molar-refractivity contribution in [2.75, 3.05) is 25.0 Å². The van der Waals surface area contributed by atoms with Crippen LogP contribution >= 0.6 is 0 Å². The van der Waals surface area contributed by atoms with E-state index in [4.69, 9.17) is 9.72 Å². The van der Waals surface area contributed by atoms with Crippen LogP contribution in [-0.2, 0) is 9.53 Å². The Balaban J connectivity index is 1.58. The van der Waals surface area contributed by atoms with Gasteiger partial charge in [0.15, 0.2) is 0 Å². The maximum atomic E-state index is 13.2. The van der Waals surface area contributed by atoms with Crippen molar-refractivity contribution in [1.82, 2.24) is 19.8 Å². The van der Waals surface area contributed by atoms with Crippen LogP contribution in [0.3, 0.4) is 0 Å². The lowest BCUT2D eigenvalue weighted by atomic mass is 10.0. The zero-order valence-corrected chi connectivity index (χ0v) is 22.1. The Morgan fingerprint density at radius 2 is 1.81 bits per heavy atom. The van der Waals surface area contributed by atoms with Gasteiger partial charge in [-0.2, -0.15) is 0 Å². The highest BCUT2D eigenvalue weighted by Gasteiger charge is 2.25. The summed E-state index contributed by atoms with van der Waals surface area (Å²) in [6.45, 7) is 9.06. The number of carbonyl (C=O) groups excluding carboxylic acids is 2. The molecule has 4 rings (SSSR count). The molecule has 2 heterocycles. The number of rotatable bonds is 9. The molecule has 0 saturated carbocycles. The van der Waals surface area contributed by atoms with Gasteiger partial charge in [-0.25, -0.2) is 9.78 Å². The predicted octanol–water partition coefficient (Wildman–Crippen LogP) is 5.20. The summed E-state index contributed by atoms with van der Waals surface area (Å²) in [5.41, 5.74) is 3.83. The van der Waals surface area contributed by atoms with E-state index in [0.717, 1.165) is 29.8 Å². The van der Waals surface area contributed by atoms with Crippen molar-refractivity contribution in [3.63, 3.8) is 0 Å². The maximum absolute atomic E-state index is 13.2. The van der Waals surface area contributed by atoms with E-state index in [1.807, 2.05) is 67.1 Å². The Bertz CT molecular complexity index is 1180. The minimum atomic E-state index is -0.317. The highest BCUT2D eigenvalue weighted by atomic mass is 16.5. The molecule has 1 aromatic heterocycles. The van der Waals surface area contributed by atoms with Crippen LogP contribution in [0.1, 0.15) is 52.0 Å². The molecule has 1 fully saturated rings. The molecule has 1 aliphatic rings. The van der Waals surface area contributed by atoms with Gasteiger partial charge < -0.3 is 15.0 Å². The number of aromatic nitrogens is 2. The lowest BCUT2D eigenvalue weighted by molar-refractivity contribution is -0.117. The fraction of sp³-hybridized carbons (Fsp3) is 0.414. The van der Waals surface area contributed by atoms with Crippen molar-refractivity contribution in [3.8, 4) is 16.9 Å². The topological polar surface area (TPSA) is 88.5 Å². The van der Waals surface area contributed by atoms with E-state index in [2.05, 4.69) is 36.6 Å². The zero-order valence-electron chi connectivity index (χ0n) is 22.1. The van der Waals surface area contributed by atoms with E-state index < -0.39 is 0 Å². The summed E-state index contributed by atoms with van der Waals surface area (Å²) in [6, 6.07) is 17.8. The molecule has 2 N–H and O–H groups in total. The molecule has 8 nitrogen and oxygen atoms in total. The molecular formula is C29H37N5O3. The fourth-order valence-corrected chi connectivity index (χ4v) is 4.36. The van der Waals surface area contributed by atoms with Gasteiger partial charge in [-0.1, -0.05) is 56.3 Å². The standard InChI is InChI=1S/C29H37N5O3/c1-20(2)22-12-14-24(15-13-22)34-18-26(23-9-6-5-7-10-23)31-28(34)32-27(35)19-33(29(36)30-21(3)4)17-25-11-8-16-37-25/h5-7,9-10,12-15,18,20-21,25H,8,11,16-17,19H2,1-4H3,(H,30,36)(H,31,32,35). The van der Waals surface area contributed by atoms with Crippen LogP contribution in [0.25, 0.3) is 16.9 Å². The molecule has 1 aliphatic heterocycles. The third kappa shape index (κ3) is 6.98. The van der Waals surface area contributed by atoms with Crippen LogP contribution < -0.4 is 10.6 Å². The number of hydrogen-bond acceptors (Lipinski definition) is 4.